The summed E-state index contributed by atoms with van der Waals surface area (Å²) in [5.74, 6) is 0.457. The maximum atomic E-state index is 12.6. The zero-order valence-corrected chi connectivity index (χ0v) is 20.5. The van der Waals surface area contributed by atoms with E-state index in [0.717, 1.165) is 0 Å². The van der Waals surface area contributed by atoms with E-state index in [1.807, 2.05) is 0 Å². The van der Waals surface area contributed by atoms with Gasteiger partial charge in [-0.1, -0.05) is 0 Å². The predicted molar refractivity (Wildman–Crippen MR) is 133 cm³/mol. The fourth-order valence-electron chi connectivity index (χ4n) is 3.70. The minimum Gasteiger partial charge on any atom is -0.496 e. The quantitative estimate of drug-likeness (QED) is 0.267. The van der Waals surface area contributed by atoms with Gasteiger partial charge < -0.3 is 20.1 Å². The van der Waals surface area contributed by atoms with Crippen molar-refractivity contribution in [3.05, 3.63) is 60.7 Å². The molecule has 0 bridgehead atoms. The summed E-state index contributed by atoms with van der Waals surface area (Å²) in [6, 6.07) is 13.7. The van der Waals surface area contributed by atoms with E-state index in [9.17, 15) is 30.7 Å². The molecule has 0 unspecified atom stereocenters. The van der Waals surface area contributed by atoms with Crippen molar-refractivity contribution >= 4 is 59.2 Å². The molecule has 0 spiro atoms. The Bertz CT molecular complexity index is 1610. The molecule has 11 nitrogen and oxygen atoms in total. The van der Waals surface area contributed by atoms with Gasteiger partial charge in [-0.25, -0.2) is 4.79 Å². The number of hydrogen-bond acceptors (Lipinski definition) is 7. The Morgan fingerprint density at radius 1 is 0.667 bits per heavy atom. The fourth-order valence-corrected chi connectivity index (χ4v) is 4.77. The van der Waals surface area contributed by atoms with E-state index in [4.69, 9.17) is 9.47 Å². The number of carbonyl (C=O) groups excluding carboxylic acids is 1. The van der Waals surface area contributed by atoms with Gasteiger partial charge in [-0.2, -0.15) is 16.8 Å². The molecule has 13 heteroatoms. The van der Waals surface area contributed by atoms with E-state index in [1.54, 1.807) is 24.3 Å². The number of urea groups is 1. The number of fused-ring (bicyclic) bond motifs is 2. The average molecular weight is 533 g/mol. The predicted octanol–water partition coefficient (Wildman–Crippen LogP) is 4.15. The van der Waals surface area contributed by atoms with Crippen molar-refractivity contribution in [2.45, 2.75) is 9.79 Å². The molecule has 0 atom stereocenters. The molecule has 188 valence electrons. The molecule has 0 heterocycles. The first-order valence-electron chi connectivity index (χ1n) is 10.2. The van der Waals surface area contributed by atoms with Crippen molar-refractivity contribution in [1.29, 1.82) is 0 Å². The summed E-state index contributed by atoms with van der Waals surface area (Å²) < 4.78 is 75.6. The van der Waals surface area contributed by atoms with E-state index in [0.29, 0.717) is 32.9 Å². The monoisotopic (exact) mass is 532 g/mol. The zero-order valence-electron chi connectivity index (χ0n) is 18.8. The Balaban J connectivity index is 1.62. The number of hydrogen-bond donors (Lipinski definition) is 4. The maximum absolute atomic E-state index is 12.6. The highest BCUT2D eigenvalue weighted by Crippen LogP contribution is 2.33. The Hall–Kier alpha value is -3.91. The van der Waals surface area contributed by atoms with Crippen LogP contribution >= 0.6 is 0 Å². The van der Waals surface area contributed by atoms with E-state index in [2.05, 4.69) is 10.6 Å². The first-order valence-corrected chi connectivity index (χ1v) is 13.0. The van der Waals surface area contributed by atoms with E-state index < -0.39 is 26.3 Å². The van der Waals surface area contributed by atoms with Gasteiger partial charge in [0, 0.05) is 34.3 Å². The average Bonchev–Trinajstić information content (AvgIpc) is 2.80. The smallest absolute Gasteiger partial charge is 0.323 e. The summed E-state index contributed by atoms with van der Waals surface area (Å²) in [6.45, 7) is 0. The second-order valence-electron chi connectivity index (χ2n) is 7.65. The summed E-state index contributed by atoms with van der Waals surface area (Å²) in [5, 5.41) is 7.17. The van der Waals surface area contributed by atoms with Gasteiger partial charge in [0.05, 0.1) is 24.0 Å². The van der Waals surface area contributed by atoms with Crippen LogP contribution in [0.4, 0.5) is 16.2 Å². The minimum atomic E-state index is -4.48. The number of carbonyl (C=O) groups is 1. The molecule has 4 aromatic rings. The zero-order chi connectivity index (χ0) is 26.3. The Morgan fingerprint density at radius 2 is 1.06 bits per heavy atom. The standard InChI is InChI=1S/C23H20N2O9S2/c1-33-21-11-17(35(27,28)29)9-13-7-15(3-5-19(13)21)24-23(26)25-16-4-6-20-14(8-16)10-18(36(30,31)32)12-22(20)34-2/h3-12H,1-2H3,(H2,24,25,26)(H,27,28,29)(H,30,31,32). The molecule has 4 rings (SSSR count). The third-order valence-electron chi connectivity index (χ3n) is 5.33. The van der Waals surface area contributed by atoms with Gasteiger partial charge in [0.15, 0.2) is 0 Å². The second kappa shape index (κ2) is 9.28. The van der Waals surface area contributed by atoms with Crippen LogP contribution in [0.3, 0.4) is 0 Å². The van der Waals surface area contributed by atoms with E-state index >= 15 is 0 Å². The number of anilines is 2. The molecule has 0 aliphatic carbocycles. The normalized spacial score (nSPS) is 11.9. The third kappa shape index (κ3) is 5.18. The second-order valence-corrected chi connectivity index (χ2v) is 10.5. The minimum absolute atomic E-state index is 0.229. The van der Waals surface area contributed by atoms with Gasteiger partial charge in [0.1, 0.15) is 11.5 Å². The van der Waals surface area contributed by atoms with Gasteiger partial charge in [0.25, 0.3) is 20.2 Å². The van der Waals surface area contributed by atoms with Crippen LogP contribution < -0.4 is 20.1 Å². The van der Waals surface area contributed by atoms with Crippen molar-refractivity contribution in [2.24, 2.45) is 0 Å². The molecule has 0 saturated carbocycles. The Labute approximate surface area is 206 Å². The summed E-state index contributed by atoms with van der Waals surface area (Å²) >= 11 is 0. The number of benzene rings is 4. The SMILES string of the molecule is COc1cc(S(=O)(=O)O)cc2cc(NC(=O)Nc3ccc4c(OC)cc(S(=O)(=O)O)cc4c3)ccc12. The fraction of sp³-hybridized carbons (Fsp3) is 0.0870. The lowest BCUT2D eigenvalue weighted by Gasteiger charge is -2.12. The molecule has 0 aromatic heterocycles. The summed E-state index contributed by atoms with van der Waals surface area (Å²) in [5.41, 5.74) is 0.649. The number of ether oxygens (including phenoxy) is 2. The molecule has 0 aliphatic rings. The Kier molecular flexibility index (Phi) is 6.49. The van der Waals surface area contributed by atoms with Gasteiger partial charge in [-0.3, -0.25) is 9.11 Å². The molecule has 36 heavy (non-hydrogen) atoms. The van der Waals surface area contributed by atoms with Crippen LogP contribution in [0.1, 0.15) is 0 Å². The number of rotatable bonds is 6. The molecule has 0 saturated heterocycles. The van der Waals surface area contributed by atoms with Gasteiger partial charge in [0.2, 0.25) is 0 Å². The lowest BCUT2D eigenvalue weighted by molar-refractivity contribution is 0.262. The first kappa shape index (κ1) is 25.2. The summed E-state index contributed by atoms with van der Waals surface area (Å²) in [4.78, 5) is 11.9. The molecule has 0 radical (unpaired) electrons. The third-order valence-corrected chi connectivity index (χ3v) is 6.99. The van der Waals surface area contributed by atoms with Crippen LogP contribution in [0.5, 0.6) is 11.5 Å². The van der Waals surface area contributed by atoms with E-state index in [-0.39, 0.29) is 21.3 Å². The van der Waals surface area contributed by atoms with Gasteiger partial charge in [-0.05, 0) is 59.3 Å². The topological polar surface area (TPSA) is 168 Å². The number of amides is 2. The largest absolute Gasteiger partial charge is 0.496 e. The van der Waals surface area contributed by atoms with Crippen molar-refractivity contribution < 1.29 is 40.2 Å². The highest BCUT2D eigenvalue weighted by molar-refractivity contribution is 7.86. The molecule has 4 aromatic carbocycles. The molecule has 0 fully saturated rings. The maximum Gasteiger partial charge on any atom is 0.323 e. The van der Waals surface area contributed by atoms with Crippen molar-refractivity contribution in [2.75, 3.05) is 24.9 Å². The Morgan fingerprint density at radius 3 is 1.39 bits per heavy atom. The van der Waals surface area contributed by atoms with Crippen LogP contribution in [0, 0.1) is 0 Å². The van der Waals surface area contributed by atoms with E-state index in [1.165, 1.54) is 50.6 Å². The molecule has 4 N–H and O–H groups in total. The van der Waals surface area contributed by atoms with Crippen molar-refractivity contribution in [1.82, 2.24) is 0 Å². The first-order chi connectivity index (χ1) is 16.9. The molecule has 0 aliphatic heterocycles. The number of nitrogens with one attached hydrogen (secondary N) is 2. The van der Waals surface area contributed by atoms with Crippen molar-refractivity contribution in [3.8, 4) is 11.5 Å². The molecular weight excluding hydrogens is 512 g/mol. The van der Waals surface area contributed by atoms with Crippen LogP contribution in [-0.2, 0) is 20.2 Å². The highest BCUT2D eigenvalue weighted by Gasteiger charge is 2.16. The lowest BCUT2D eigenvalue weighted by atomic mass is 10.1. The molecule has 2 amide bonds. The number of methoxy groups -OCH3 is 2. The highest BCUT2D eigenvalue weighted by atomic mass is 32.2. The van der Waals surface area contributed by atoms with Gasteiger partial charge >= 0.3 is 6.03 Å². The summed E-state index contributed by atoms with van der Waals surface area (Å²) in [7, 11) is -6.24. The van der Waals surface area contributed by atoms with Crippen LogP contribution in [0.25, 0.3) is 21.5 Å². The lowest BCUT2D eigenvalue weighted by Crippen LogP contribution is -2.19. The van der Waals surface area contributed by atoms with Gasteiger partial charge in [-0.15, -0.1) is 0 Å². The molecular formula is C23H20N2O9S2. The van der Waals surface area contributed by atoms with Crippen LogP contribution in [0.15, 0.2) is 70.5 Å². The summed E-state index contributed by atoms with van der Waals surface area (Å²) in [6.07, 6.45) is 0. The van der Waals surface area contributed by atoms with Crippen LogP contribution in [0.2, 0.25) is 0 Å². The van der Waals surface area contributed by atoms with Crippen LogP contribution in [-0.4, -0.2) is 46.2 Å². The van der Waals surface area contributed by atoms with Crippen molar-refractivity contribution in [3.63, 3.8) is 0 Å².